The second kappa shape index (κ2) is 13.3. The Kier molecular flexibility index (Phi) is 9.44. The van der Waals surface area contributed by atoms with Crippen molar-refractivity contribution in [1.82, 2.24) is 19.1 Å². The second-order valence-corrected chi connectivity index (χ2v) is 10.6. The molecule has 0 radical (unpaired) electrons. The van der Waals surface area contributed by atoms with E-state index in [0.717, 1.165) is 38.0 Å². The number of benzene rings is 1. The Balaban J connectivity index is 0.000000178. The quantitative estimate of drug-likeness (QED) is 0.216. The van der Waals surface area contributed by atoms with E-state index in [1.165, 1.54) is 12.3 Å². The van der Waals surface area contributed by atoms with Crippen LogP contribution in [0.25, 0.3) is 22.3 Å². The molecule has 7 rings (SSSR count). The highest BCUT2D eigenvalue weighted by Crippen LogP contribution is 2.36. The number of hydrogen-bond donors (Lipinski definition) is 4. The Morgan fingerprint density at radius 3 is 2.47 bits per heavy atom. The van der Waals surface area contributed by atoms with E-state index in [-0.39, 0.29) is 24.1 Å². The van der Waals surface area contributed by atoms with Gasteiger partial charge in [0.1, 0.15) is 30.7 Å². The monoisotopic (exact) mass is 619 g/mol. The zero-order valence-corrected chi connectivity index (χ0v) is 25.5. The fourth-order valence-electron chi connectivity index (χ4n) is 5.80. The Labute approximate surface area is 258 Å². The predicted molar refractivity (Wildman–Crippen MR) is 166 cm³/mol. The Hall–Kier alpha value is -4.43. The number of pyridine rings is 2. The number of anilines is 1. The molecule has 0 saturated carbocycles. The van der Waals surface area contributed by atoms with Gasteiger partial charge in [-0.3, -0.25) is 14.2 Å². The number of esters is 1. The van der Waals surface area contributed by atoms with Crippen molar-refractivity contribution >= 4 is 22.7 Å². The Bertz CT molecular complexity index is 1840. The van der Waals surface area contributed by atoms with Gasteiger partial charge in [-0.05, 0) is 36.2 Å². The van der Waals surface area contributed by atoms with Gasteiger partial charge in [-0.2, -0.15) is 4.98 Å². The third kappa shape index (κ3) is 5.75. The minimum Gasteiger partial charge on any atom is -0.460 e. The zero-order chi connectivity index (χ0) is 32.4. The number of cyclic esters (lactones) is 1. The number of ether oxygens (including phenoxy) is 2. The van der Waals surface area contributed by atoms with Crippen LogP contribution in [0, 0.1) is 0 Å². The molecule has 6 heterocycles. The number of aromatic nitrogens is 4. The Morgan fingerprint density at radius 2 is 1.80 bits per heavy atom. The van der Waals surface area contributed by atoms with E-state index in [0.29, 0.717) is 24.3 Å². The summed E-state index contributed by atoms with van der Waals surface area (Å²) in [6.45, 7) is 6.08. The molecule has 0 spiro atoms. The number of aliphatic hydroxyl groups excluding tert-OH is 3. The van der Waals surface area contributed by atoms with Crippen molar-refractivity contribution in [3.8, 4) is 11.4 Å². The molecule has 4 aromatic rings. The van der Waals surface area contributed by atoms with Gasteiger partial charge < -0.3 is 34.7 Å². The topological polar surface area (TPSA) is 178 Å². The van der Waals surface area contributed by atoms with Crippen molar-refractivity contribution in [3.05, 3.63) is 86.2 Å². The molecule has 1 fully saturated rings. The number of hydrogen-bond acceptors (Lipinski definition) is 11. The molecule has 5 unspecified atom stereocenters. The molecule has 3 aliphatic heterocycles. The van der Waals surface area contributed by atoms with Crippen LogP contribution >= 0.6 is 0 Å². The van der Waals surface area contributed by atoms with E-state index in [2.05, 4.69) is 16.4 Å². The normalized spacial score (nSPS) is 22.6. The maximum Gasteiger partial charge on any atom is 0.351 e. The van der Waals surface area contributed by atoms with Crippen LogP contribution < -0.4 is 16.6 Å². The van der Waals surface area contributed by atoms with Gasteiger partial charge in [-0.1, -0.05) is 39.0 Å². The van der Waals surface area contributed by atoms with E-state index < -0.39 is 36.8 Å². The van der Waals surface area contributed by atoms with Crippen LogP contribution in [0.3, 0.4) is 0 Å². The maximum absolute atomic E-state index is 13.0. The van der Waals surface area contributed by atoms with Crippen LogP contribution in [0.1, 0.15) is 56.0 Å². The Morgan fingerprint density at radius 1 is 1.04 bits per heavy atom. The van der Waals surface area contributed by atoms with Gasteiger partial charge in [-0.15, -0.1) is 0 Å². The predicted octanol–water partition coefficient (Wildman–Crippen LogP) is 1.90. The van der Waals surface area contributed by atoms with Crippen molar-refractivity contribution in [2.24, 2.45) is 0 Å². The summed E-state index contributed by atoms with van der Waals surface area (Å²) < 4.78 is 13.3. The number of nitrogens with zero attached hydrogens (tertiary/aromatic N) is 4. The zero-order valence-electron chi connectivity index (χ0n) is 25.5. The van der Waals surface area contributed by atoms with Gasteiger partial charge in [0, 0.05) is 24.2 Å². The van der Waals surface area contributed by atoms with E-state index in [1.807, 2.05) is 51.1 Å². The van der Waals surface area contributed by atoms with Crippen LogP contribution in [-0.2, 0) is 27.4 Å². The van der Waals surface area contributed by atoms with Crippen molar-refractivity contribution in [2.75, 3.05) is 19.0 Å². The van der Waals surface area contributed by atoms with Gasteiger partial charge in [-0.25, -0.2) is 9.78 Å². The summed E-state index contributed by atoms with van der Waals surface area (Å²) in [5.74, 6) is -0.223. The third-order valence-electron chi connectivity index (χ3n) is 8.11. The number of fused-ring (bicyclic) bond motifs is 5. The lowest BCUT2D eigenvalue weighted by molar-refractivity contribution is -0.148. The fourth-order valence-corrected chi connectivity index (χ4v) is 5.80. The molecular weight excluding hydrogens is 582 g/mol. The van der Waals surface area contributed by atoms with Crippen molar-refractivity contribution < 1.29 is 29.6 Å². The molecule has 3 aliphatic rings. The molecule has 13 heteroatoms. The highest BCUT2D eigenvalue weighted by Gasteiger charge is 2.43. The number of para-hydroxylation sites is 1. The second-order valence-electron chi connectivity index (χ2n) is 10.6. The molecule has 4 N–H and O–H groups in total. The maximum atomic E-state index is 13.0. The summed E-state index contributed by atoms with van der Waals surface area (Å²) in [7, 11) is 1.62. The van der Waals surface area contributed by atoms with Gasteiger partial charge in [0.25, 0.3) is 5.56 Å². The van der Waals surface area contributed by atoms with Crippen molar-refractivity contribution in [3.63, 3.8) is 0 Å². The van der Waals surface area contributed by atoms with Gasteiger partial charge in [0.05, 0.1) is 41.5 Å². The average Bonchev–Trinajstić information content (AvgIpc) is 3.56. The summed E-state index contributed by atoms with van der Waals surface area (Å²) in [4.78, 5) is 45.3. The van der Waals surface area contributed by atoms with Crippen LogP contribution in [0.2, 0.25) is 0 Å². The molecular formula is C32H37N5O8. The highest BCUT2D eigenvalue weighted by atomic mass is 16.6. The number of rotatable bonds is 4. The first-order valence-corrected chi connectivity index (χ1v) is 15.0. The number of carbonyl (C=O) groups excluding carboxylic acids is 1. The number of carbonyl (C=O) groups is 1. The molecule has 13 nitrogen and oxygen atoms in total. The van der Waals surface area contributed by atoms with Crippen LogP contribution in [0.4, 0.5) is 5.82 Å². The SMILES string of the molecule is CC.CCC1C(=O)OCc2c1cc1n(c2=O)Cc2cc3ccccc3nc2-1.CNc1ccn(C2OC(CO)C(O)C2O)c(=O)n1. The minimum absolute atomic E-state index is 0.0650. The summed E-state index contributed by atoms with van der Waals surface area (Å²) in [5, 5.41) is 32.1. The summed E-state index contributed by atoms with van der Waals surface area (Å²) in [6, 6.07) is 13.6. The van der Waals surface area contributed by atoms with Crippen molar-refractivity contribution in [1.29, 1.82) is 0 Å². The van der Waals surface area contributed by atoms with Gasteiger partial charge in [0.15, 0.2) is 6.23 Å². The minimum atomic E-state index is -1.29. The van der Waals surface area contributed by atoms with Gasteiger partial charge >= 0.3 is 11.7 Å². The standard InChI is InChI=1S/C20H16N2O3.C10H15N3O5.C2H6/c1-2-13-14-8-17-18-12(7-11-5-3-4-6-16(11)21-18)9-22(17)19(23)15(14)10-25-20(13)24;1-11-6-2-3-13(10(17)12-6)9-8(16)7(15)5(4-14)18-9;1-2/h3-8,13H,2,9-10H2,1H3;2-3,5,7-9,14-16H,4H2,1H3,(H,11,12,17);1-2H3. The molecule has 0 aliphatic carbocycles. The molecule has 1 aromatic carbocycles. The van der Waals surface area contributed by atoms with E-state index in [9.17, 15) is 24.6 Å². The van der Waals surface area contributed by atoms with Crippen molar-refractivity contribution in [2.45, 2.75) is 70.8 Å². The molecule has 238 valence electrons. The smallest absolute Gasteiger partial charge is 0.351 e. The average molecular weight is 620 g/mol. The summed E-state index contributed by atoms with van der Waals surface area (Å²) in [5.41, 5.74) is 4.32. The van der Waals surface area contributed by atoms with Gasteiger partial charge in [0.2, 0.25) is 0 Å². The molecule has 3 aromatic heterocycles. The fraction of sp³-hybridized carbons (Fsp3) is 0.406. The van der Waals surface area contributed by atoms with E-state index >= 15 is 0 Å². The molecule has 45 heavy (non-hydrogen) atoms. The van der Waals surface area contributed by atoms with Crippen LogP contribution in [0.5, 0.6) is 0 Å². The molecule has 0 amide bonds. The first-order valence-electron chi connectivity index (χ1n) is 15.0. The first-order chi connectivity index (χ1) is 21.7. The molecule has 0 bridgehead atoms. The summed E-state index contributed by atoms with van der Waals surface area (Å²) in [6.07, 6.45) is -2.48. The summed E-state index contributed by atoms with van der Waals surface area (Å²) >= 11 is 0. The largest absolute Gasteiger partial charge is 0.460 e. The van der Waals surface area contributed by atoms with E-state index in [4.69, 9.17) is 19.6 Å². The van der Waals surface area contributed by atoms with Crippen LogP contribution in [0.15, 0.2) is 58.3 Å². The number of aliphatic hydroxyl groups is 3. The lowest BCUT2D eigenvalue weighted by Crippen LogP contribution is -2.36. The molecule has 1 saturated heterocycles. The number of nitrogens with one attached hydrogen (secondary N) is 1. The third-order valence-corrected chi connectivity index (χ3v) is 8.11. The van der Waals surface area contributed by atoms with Crippen LogP contribution in [-0.4, -0.2) is 72.4 Å². The molecule has 5 atom stereocenters. The lowest BCUT2D eigenvalue weighted by Gasteiger charge is -2.24. The van der Waals surface area contributed by atoms with E-state index in [1.54, 1.807) is 11.6 Å². The first kappa shape index (κ1) is 32.0. The highest BCUT2D eigenvalue weighted by molar-refractivity contribution is 5.85. The lowest BCUT2D eigenvalue weighted by atomic mass is 9.90.